The molecule has 5 nitrogen and oxygen atoms in total. The summed E-state index contributed by atoms with van der Waals surface area (Å²) in [6.45, 7) is 2.04. The molecule has 0 saturated carbocycles. The Bertz CT molecular complexity index is 345. The van der Waals surface area contributed by atoms with Gasteiger partial charge in [0.1, 0.15) is 0 Å². The van der Waals surface area contributed by atoms with Gasteiger partial charge in [-0.05, 0) is 13.5 Å². The number of hydrogen-bond donors (Lipinski definition) is 2. The predicted molar refractivity (Wildman–Crippen MR) is 58.2 cm³/mol. The molecule has 3 N–H and O–H groups in total. The Morgan fingerprint density at radius 1 is 1.73 bits per heavy atom. The molecule has 1 unspecified atom stereocenters. The van der Waals surface area contributed by atoms with Crippen molar-refractivity contribution < 1.29 is 4.79 Å². The molecule has 0 bridgehead atoms. The fourth-order valence-electron chi connectivity index (χ4n) is 1.69. The maximum absolute atomic E-state index is 10.9. The summed E-state index contributed by atoms with van der Waals surface area (Å²) in [5.41, 5.74) is 7.27. The summed E-state index contributed by atoms with van der Waals surface area (Å²) in [4.78, 5) is 10.9. The number of primary amides is 1. The van der Waals surface area contributed by atoms with Crippen LogP contribution in [0.4, 0.5) is 0 Å². The van der Waals surface area contributed by atoms with Crippen LogP contribution in [0.1, 0.15) is 30.6 Å². The van der Waals surface area contributed by atoms with Gasteiger partial charge < -0.3 is 11.1 Å². The van der Waals surface area contributed by atoms with Crippen molar-refractivity contribution in [1.29, 1.82) is 0 Å². The molecule has 1 amide bonds. The van der Waals surface area contributed by atoms with Crippen LogP contribution in [0.3, 0.4) is 0 Å². The highest BCUT2D eigenvalue weighted by Gasteiger charge is 2.17. The molecular weight excluding hydrogens is 192 g/mol. The number of hydrogen-bond acceptors (Lipinski definition) is 3. The number of amides is 1. The second-order valence-corrected chi connectivity index (χ2v) is 3.57. The van der Waals surface area contributed by atoms with Crippen molar-refractivity contribution in [2.45, 2.75) is 25.8 Å². The van der Waals surface area contributed by atoms with Gasteiger partial charge in [-0.25, -0.2) is 0 Å². The van der Waals surface area contributed by atoms with E-state index in [2.05, 4.69) is 10.4 Å². The molecule has 0 aliphatic rings. The summed E-state index contributed by atoms with van der Waals surface area (Å²) in [6, 6.07) is -0.0360. The normalized spacial score (nSPS) is 12.7. The summed E-state index contributed by atoms with van der Waals surface area (Å²) >= 11 is 0. The number of aryl methyl sites for hydroxylation is 2. The topological polar surface area (TPSA) is 72.9 Å². The fourth-order valence-corrected chi connectivity index (χ4v) is 1.69. The Kier molecular flexibility index (Phi) is 3.85. The SMILES string of the molecule is CCc1nn(C)cc1C(CC(N)=O)NC. The molecule has 0 spiro atoms. The second-order valence-electron chi connectivity index (χ2n) is 3.57. The van der Waals surface area contributed by atoms with Crippen LogP contribution in [0, 0.1) is 0 Å². The highest BCUT2D eigenvalue weighted by atomic mass is 16.1. The number of carbonyl (C=O) groups is 1. The van der Waals surface area contributed by atoms with Crippen molar-refractivity contribution in [3.8, 4) is 0 Å². The maximum atomic E-state index is 10.9. The van der Waals surface area contributed by atoms with E-state index in [1.165, 1.54) is 0 Å². The van der Waals surface area contributed by atoms with E-state index in [1.54, 1.807) is 4.68 Å². The molecule has 5 heteroatoms. The van der Waals surface area contributed by atoms with Gasteiger partial charge in [0.15, 0.2) is 0 Å². The number of nitrogens with zero attached hydrogens (tertiary/aromatic N) is 2. The third-order valence-corrected chi connectivity index (χ3v) is 2.40. The molecule has 0 fully saturated rings. The lowest BCUT2D eigenvalue weighted by atomic mass is 10.0. The number of carbonyl (C=O) groups excluding carboxylic acids is 1. The van der Waals surface area contributed by atoms with Crippen molar-refractivity contribution in [2.75, 3.05) is 7.05 Å². The minimum Gasteiger partial charge on any atom is -0.370 e. The zero-order valence-corrected chi connectivity index (χ0v) is 9.45. The van der Waals surface area contributed by atoms with Gasteiger partial charge in [-0.3, -0.25) is 9.48 Å². The second kappa shape index (κ2) is 4.93. The number of nitrogens with two attached hydrogens (primary N) is 1. The molecule has 1 aromatic rings. The molecule has 0 aliphatic carbocycles. The largest absolute Gasteiger partial charge is 0.370 e. The molecule has 1 heterocycles. The molecule has 0 radical (unpaired) electrons. The van der Waals surface area contributed by atoms with Crippen LogP contribution < -0.4 is 11.1 Å². The minimum absolute atomic E-state index is 0.0360. The zero-order valence-electron chi connectivity index (χ0n) is 9.45. The first kappa shape index (κ1) is 11.7. The van der Waals surface area contributed by atoms with Crippen LogP contribution in [0.2, 0.25) is 0 Å². The summed E-state index contributed by atoms with van der Waals surface area (Å²) in [5.74, 6) is -0.305. The van der Waals surface area contributed by atoms with Crippen molar-refractivity contribution in [3.63, 3.8) is 0 Å². The average Bonchev–Trinajstić information content (AvgIpc) is 2.55. The van der Waals surface area contributed by atoms with Crippen molar-refractivity contribution in [3.05, 3.63) is 17.5 Å². The van der Waals surface area contributed by atoms with Crippen LogP contribution in [0.5, 0.6) is 0 Å². The monoisotopic (exact) mass is 210 g/mol. The molecule has 1 atom stereocenters. The van der Waals surface area contributed by atoms with E-state index < -0.39 is 0 Å². The van der Waals surface area contributed by atoms with Gasteiger partial charge in [-0.15, -0.1) is 0 Å². The summed E-state index contributed by atoms with van der Waals surface area (Å²) in [5, 5.41) is 7.41. The molecule has 84 valence electrons. The Morgan fingerprint density at radius 3 is 2.87 bits per heavy atom. The standard InChI is InChI=1S/C10H18N4O/c1-4-8-7(6-14(3)13-8)9(12-2)5-10(11)15/h6,9,12H,4-5H2,1-3H3,(H2,11,15). The van der Waals surface area contributed by atoms with Crippen LogP contribution >= 0.6 is 0 Å². The smallest absolute Gasteiger partial charge is 0.219 e. The Hall–Kier alpha value is -1.36. The third kappa shape index (κ3) is 2.79. The minimum atomic E-state index is -0.305. The van der Waals surface area contributed by atoms with Gasteiger partial charge in [-0.2, -0.15) is 5.10 Å². The van der Waals surface area contributed by atoms with Gasteiger partial charge in [0.05, 0.1) is 5.69 Å². The van der Waals surface area contributed by atoms with E-state index in [0.29, 0.717) is 6.42 Å². The van der Waals surface area contributed by atoms with Crippen molar-refractivity contribution in [2.24, 2.45) is 12.8 Å². The van der Waals surface area contributed by atoms with Gasteiger partial charge in [0.2, 0.25) is 5.91 Å². The molecule has 0 aliphatic heterocycles. The predicted octanol–water partition coefficient (Wildman–Crippen LogP) is 0.118. The molecular formula is C10H18N4O. The fraction of sp³-hybridized carbons (Fsp3) is 0.600. The number of rotatable bonds is 5. The average molecular weight is 210 g/mol. The van der Waals surface area contributed by atoms with Crippen molar-refractivity contribution >= 4 is 5.91 Å². The van der Waals surface area contributed by atoms with Gasteiger partial charge in [0.25, 0.3) is 0 Å². The summed E-state index contributed by atoms with van der Waals surface area (Å²) in [6.07, 6.45) is 3.09. The lowest BCUT2D eigenvalue weighted by molar-refractivity contribution is -0.118. The van der Waals surface area contributed by atoms with E-state index in [1.807, 2.05) is 27.2 Å². The Morgan fingerprint density at radius 2 is 2.40 bits per heavy atom. The van der Waals surface area contributed by atoms with Crippen LogP contribution in [-0.2, 0) is 18.3 Å². The number of aromatic nitrogens is 2. The summed E-state index contributed by atoms with van der Waals surface area (Å²) in [7, 11) is 3.69. The van der Waals surface area contributed by atoms with Gasteiger partial charge in [-0.1, -0.05) is 6.92 Å². The maximum Gasteiger partial charge on any atom is 0.219 e. The first-order valence-electron chi connectivity index (χ1n) is 5.06. The van der Waals surface area contributed by atoms with Crippen LogP contribution in [-0.4, -0.2) is 22.7 Å². The Labute approximate surface area is 89.6 Å². The molecule has 1 rings (SSSR count). The first-order chi connectivity index (χ1) is 7.08. The van der Waals surface area contributed by atoms with E-state index in [0.717, 1.165) is 17.7 Å². The summed E-state index contributed by atoms with van der Waals surface area (Å²) < 4.78 is 1.76. The van der Waals surface area contributed by atoms with E-state index >= 15 is 0 Å². The van der Waals surface area contributed by atoms with Crippen molar-refractivity contribution in [1.82, 2.24) is 15.1 Å². The molecule has 0 saturated heterocycles. The van der Waals surface area contributed by atoms with E-state index in [4.69, 9.17) is 5.73 Å². The highest BCUT2D eigenvalue weighted by Crippen LogP contribution is 2.19. The lowest BCUT2D eigenvalue weighted by Gasteiger charge is -2.13. The Balaban J connectivity index is 2.94. The first-order valence-corrected chi connectivity index (χ1v) is 5.06. The van der Waals surface area contributed by atoms with Gasteiger partial charge in [0, 0.05) is 31.3 Å². The zero-order chi connectivity index (χ0) is 11.4. The van der Waals surface area contributed by atoms with E-state index in [-0.39, 0.29) is 11.9 Å². The third-order valence-electron chi connectivity index (χ3n) is 2.40. The molecule has 15 heavy (non-hydrogen) atoms. The quantitative estimate of drug-likeness (QED) is 0.725. The molecule has 0 aromatic carbocycles. The number of nitrogens with one attached hydrogen (secondary N) is 1. The van der Waals surface area contributed by atoms with Crippen LogP contribution in [0.25, 0.3) is 0 Å². The lowest BCUT2D eigenvalue weighted by Crippen LogP contribution is -2.24. The highest BCUT2D eigenvalue weighted by molar-refractivity contribution is 5.74. The van der Waals surface area contributed by atoms with Gasteiger partial charge >= 0.3 is 0 Å². The van der Waals surface area contributed by atoms with E-state index in [9.17, 15) is 4.79 Å². The molecule has 1 aromatic heterocycles. The van der Waals surface area contributed by atoms with Crippen LogP contribution in [0.15, 0.2) is 6.20 Å².